The maximum atomic E-state index is 8.58. The zero-order valence-electron chi connectivity index (χ0n) is 40.6. The molecule has 0 fully saturated rings. The molecule has 75 heavy (non-hydrogen) atoms. The van der Waals surface area contributed by atoms with Gasteiger partial charge in [0.25, 0.3) is 0 Å². The van der Waals surface area contributed by atoms with Crippen LogP contribution in [0.1, 0.15) is 0 Å². The van der Waals surface area contributed by atoms with E-state index in [1.165, 1.54) is 111 Å². The molecule has 15 rings (SSSR count). The van der Waals surface area contributed by atoms with E-state index in [0.29, 0.717) is 5.46 Å². The van der Waals surface area contributed by atoms with E-state index in [2.05, 4.69) is 272 Å². The van der Waals surface area contributed by atoms with Crippen molar-refractivity contribution in [3.63, 3.8) is 0 Å². The van der Waals surface area contributed by atoms with Gasteiger partial charge in [0, 0.05) is 53.9 Å². The van der Waals surface area contributed by atoms with Crippen LogP contribution >= 0.6 is 31.9 Å². The number of rotatable bonds is 3. The SMILES string of the molecule is Brc1ccc2c(c1)-c1ccccc1B1c3ccccc3-c3cc(Br)ccc3N12.OB(O)c1ccccc1.c1ccc(-c2ccc3c(c2)-c2ccccc2B2c4ccccc4-c4cc(-c5ccccc5)ccc4N23)cc1. The molecule has 0 atom stereocenters. The molecule has 0 saturated heterocycles. The molecule has 0 aliphatic carbocycles. The first-order chi connectivity index (χ1) is 36.9. The molecule has 0 spiro atoms. The molecule has 0 amide bonds. The Labute approximate surface area is 455 Å². The lowest BCUT2D eigenvalue weighted by molar-refractivity contribution is 0.426. The Hall–Kier alpha value is -7.91. The quantitative estimate of drug-likeness (QED) is 0.173. The summed E-state index contributed by atoms with van der Waals surface area (Å²) in [5.41, 5.74) is 26.3. The van der Waals surface area contributed by atoms with E-state index in [-0.39, 0.29) is 13.7 Å². The van der Waals surface area contributed by atoms with E-state index in [0.717, 1.165) is 8.95 Å². The Kier molecular flexibility index (Phi) is 12.3. The molecule has 4 aliphatic rings. The van der Waals surface area contributed by atoms with Gasteiger partial charge in [-0.05, 0) is 132 Å². The van der Waals surface area contributed by atoms with E-state index in [9.17, 15) is 0 Å². The smallest absolute Gasteiger partial charge is 0.423 e. The topological polar surface area (TPSA) is 46.9 Å². The molecule has 2 N–H and O–H groups in total. The van der Waals surface area contributed by atoms with Gasteiger partial charge < -0.3 is 19.7 Å². The highest BCUT2D eigenvalue weighted by atomic mass is 79.9. The van der Waals surface area contributed by atoms with Crippen molar-refractivity contribution in [2.75, 3.05) is 9.62 Å². The van der Waals surface area contributed by atoms with Gasteiger partial charge in [0.15, 0.2) is 0 Å². The van der Waals surface area contributed by atoms with Crippen molar-refractivity contribution in [3.8, 4) is 66.8 Å². The van der Waals surface area contributed by atoms with Crippen molar-refractivity contribution in [2.24, 2.45) is 0 Å². The van der Waals surface area contributed by atoms with Crippen molar-refractivity contribution in [1.82, 2.24) is 0 Å². The van der Waals surface area contributed by atoms with Crippen LogP contribution in [0.4, 0.5) is 22.7 Å². The third-order valence-electron chi connectivity index (χ3n) is 15.0. The summed E-state index contributed by atoms with van der Waals surface area (Å²) >= 11 is 7.35. The van der Waals surface area contributed by atoms with Crippen molar-refractivity contribution < 1.29 is 10.0 Å². The molecule has 11 aromatic carbocycles. The summed E-state index contributed by atoms with van der Waals surface area (Å²) in [7, 11) is -1.34. The monoisotopic (exact) mass is 1090 g/mol. The summed E-state index contributed by atoms with van der Waals surface area (Å²) in [6, 6.07) is 92.7. The van der Waals surface area contributed by atoms with E-state index in [1.807, 2.05) is 6.07 Å². The van der Waals surface area contributed by atoms with Gasteiger partial charge in [-0.15, -0.1) is 0 Å². The van der Waals surface area contributed by atoms with Gasteiger partial charge >= 0.3 is 20.8 Å². The molecule has 0 bridgehead atoms. The fourth-order valence-electron chi connectivity index (χ4n) is 11.7. The lowest BCUT2D eigenvalue weighted by atomic mass is 9.43. The summed E-state index contributed by atoms with van der Waals surface area (Å²) in [5, 5.41) is 17.2. The van der Waals surface area contributed by atoms with Gasteiger partial charge in [0.2, 0.25) is 0 Å². The van der Waals surface area contributed by atoms with Gasteiger partial charge in [-0.25, -0.2) is 0 Å². The zero-order chi connectivity index (χ0) is 50.6. The second kappa shape index (κ2) is 19.7. The number of nitrogens with zero attached hydrogens (tertiary/aromatic N) is 2. The van der Waals surface area contributed by atoms with Gasteiger partial charge in [0.05, 0.1) is 0 Å². The molecule has 4 heterocycles. The van der Waals surface area contributed by atoms with Crippen molar-refractivity contribution in [1.29, 1.82) is 0 Å². The summed E-state index contributed by atoms with van der Waals surface area (Å²) in [4.78, 5) is 5.08. The summed E-state index contributed by atoms with van der Waals surface area (Å²) in [6.07, 6.45) is 0. The molecule has 0 radical (unpaired) electrons. The van der Waals surface area contributed by atoms with E-state index < -0.39 is 7.12 Å². The molecule has 4 nitrogen and oxygen atoms in total. The molecule has 11 aromatic rings. The predicted octanol–water partition coefficient (Wildman–Crippen LogP) is 13.4. The van der Waals surface area contributed by atoms with Crippen molar-refractivity contribution >= 4 is 103 Å². The average Bonchev–Trinajstić information content (AvgIpc) is 3.48. The third kappa shape index (κ3) is 8.37. The van der Waals surface area contributed by atoms with Crippen LogP contribution < -0.4 is 36.9 Å². The Balaban J connectivity index is 0.000000128. The molecular weight excluding hydrogens is 1040 g/mol. The minimum Gasteiger partial charge on any atom is -0.423 e. The summed E-state index contributed by atoms with van der Waals surface area (Å²) < 4.78 is 2.21. The van der Waals surface area contributed by atoms with Crippen LogP contribution in [0.2, 0.25) is 0 Å². The molecule has 4 aliphatic heterocycles. The number of benzene rings is 11. The van der Waals surface area contributed by atoms with E-state index in [4.69, 9.17) is 10.0 Å². The van der Waals surface area contributed by atoms with Crippen molar-refractivity contribution in [3.05, 3.63) is 270 Å². The van der Waals surface area contributed by atoms with Crippen LogP contribution in [0, 0.1) is 0 Å². The minimum atomic E-state index is -1.34. The molecule has 0 unspecified atom stereocenters. The number of hydrogen-bond acceptors (Lipinski definition) is 4. The Morgan fingerprint density at radius 1 is 0.280 bits per heavy atom. The van der Waals surface area contributed by atoms with Gasteiger partial charge in [-0.1, -0.05) is 232 Å². The van der Waals surface area contributed by atoms with Gasteiger partial charge in [-0.2, -0.15) is 0 Å². The third-order valence-corrected chi connectivity index (χ3v) is 15.9. The zero-order valence-corrected chi connectivity index (χ0v) is 43.8. The van der Waals surface area contributed by atoms with E-state index in [1.54, 1.807) is 24.3 Å². The fourth-order valence-corrected chi connectivity index (χ4v) is 12.4. The Bertz CT molecular complexity index is 3720. The standard InChI is InChI=1S/C36H24BN.C24H14BBr2N.C6H7BO2/c1-3-11-25(12-4-1)27-19-21-35-31(23-27)29-15-7-9-17-33(29)37-34-18-10-8-16-30(34)32-24-28(20-22-36(32)38(35)37)26-13-5-2-6-14-26;26-15-9-11-23-19(13-15)17-5-1-3-7-21(17)25-22-8-4-2-6-18(22)20-14-16(27)10-12-24(20)28(23)25;8-7(9)6-4-2-1-3-5-6/h1-24H;1-14H;1-5,8-9H. The van der Waals surface area contributed by atoms with Gasteiger partial charge in [0.1, 0.15) is 0 Å². The first kappa shape index (κ1) is 46.9. The number of anilines is 4. The maximum absolute atomic E-state index is 8.58. The highest BCUT2D eigenvalue weighted by Crippen LogP contribution is 2.49. The summed E-state index contributed by atoms with van der Waals surface area (Å²) in [5.74, 6) is 0. The maximum Gasteiger partial charge on any atom is 0.488 e. The minimum absolute atomic E-state index is 0.132. The number of hydrogen-bond donors (Lipinski definition) is 2. The van der Waals surface area contributed by atoms with Gasteiger partial charge in [-0.3, -0.25) is 0 Å². The van der Waals surface area contributed by atoms with Crippen LogP contribution in [0.5, 0.6) is 0 Å². The molecule has 354 valence electrons. The lowest BCUT2D eigenvalue weighted by Gasteiger charge is -2.43. The van der Waals surface area contributed by atoms with Crippen molar-refractivity contribution in [2.45, 2.75) is 0 Å². The predicted molar refractivity (Wildman–Crippen MR) is 324 cm³/mol. The second-order valence-corrected chi connectivity index (χ2v) is 21.0. The molecule has 0 aromatic heterocycles. The molecule has 9 heteroatoms. The van der Waals surface area contributed by atoms with Crippen LogP contribution in [0.3, 0.4) is 0 Å². The largest absolute Gasteiger partial charge is 0.488 e. The average molecular weight is 1090 g/mol. The Morgan fingerprint density at radius 3 is 0.907 bits per heavy atom. The van der Waals surface area contributed by atoms with Crippen LogP contribution in [0.25, 0.3) is 66.8 Å². The first-order valence-electron chi connectivity index (χ1n) is 25.2. The fraction of sp³-hybridized carbons (Fsp3) is 0. The highest BCUT2D eigenvalue weighted by Gasteiger charge is 2.43. The van der Waals surface area contributed by atoms with Crippen LogP contribution in [-0.2, 0) is 0 Å². The first-order valence-corrected chi connectivity index (χ1v) is 26.8. The summed E-state index contributed by atoms with van der Waals surface area (Å²) in [6.45, 7) is 0.308. The van der Waals surface area contributed by atoms with E-state index >= 15 is 0 Å². The highest BCUT2D eigenvalue weighted by molar-refractivity contribution is 9.10. The molecule has 0 saturated carbocycles. The molecular formula is C66H45B3Br2N2O2. The normalized spacial score (nSPS) is 12.4. The lowest BCUT2D eigenvalue weighted by Crippen LogP contribution is -2.59. The van der Waals surface area contributed by atoms with Crippen LogP contribution in [-0.4, -0.2) is 30.9 Å². The van der Waals surface area contributed by atoms with Crippen LogP contribution in [0.15, 0.2) is 270 Å². The second-order valence-electron chi connectivity index (χ2n) is 19.2. The number of fused-ring (bicyclic) bond motifs is 22. The number of halogens is 2. The Morgan fingerprint density at radius 2 is 0.573 bits per heavy atom.